The number of nitrogens with one attached hydrogen (secondary N) is 2. The number of fused-ring (bicyclic) bond motifs is 1. The number of aliphatic hydroxyl groups is 1. The molecule has 2 rings (SSSR count). The van der Waals surface area contributed by atoms with Crippen LogP contribution in [-0.2, 0) is 6.54 Å². The van der Waals surface area contributed by atoms with E-state index < -0.39 is 0 Å². The predicted octanol–water partition coefficient (Wildman–Crippen LogP) is 2.02. The van der Waals surface area contributed by atoms with Crippen molar-refractivity contribution in [1.82, 2.24) is 10.3 Å². The third-order valence-electron chi connectivity index (χ3n) is 3.27. The summed E-state index contributed by atoms with van der Waals surface area (Å²) in [4.78, 5) is 14.8. The smallest absolute Gasteiger partial charge is 0.252 e. The molecule has 0 radical (unpaired) electrons. The number of pyridine rings is 1. The van der Waals surface area contributed by atoms with E-state index in [9.17, 15) is 9.90 Å². The minimum absolute atomic E-state index is 0.0745. The second-order valence-electron chi connectivity index (χ2n) is 5.63. The van der Waals surface area contributed by atoms with Crippen LogP contribution in [0.3, 0.4) is 0 Å². The fraction of sp³-hybridized carbons (Fsp3) is 0.438. The average molecular weight is 274 g/mol. The molecule has 0 bridgehead atoms. The third-order valence-corrected chi connectivity index (χ3v) is 3.27. The van der Waals surface area contributed by atoms with Gasteiger partial charge in [-0.25, -0.2) is 0 Å². The summed E-state index contributed by atoms with van der Waals surface area (Å²) in [6.45, 7) is 5.13. The van der Waals surface area contributed by atoms with Gasteiger partial charge < -0.3 is 15.4 Å². The maximum atomic E-state index is 11.9. The minimum Gasteiger partial charge on any atom is -0.392 e. The van der Waals surface area contributed by atoms with Crippen molar-refractivity contribution in [2.45, 2.75) is 32.9 Å². The Bertz CT molecular complexity index is 619. The number of para-hydroxylation sites is 1. The molecule has 0 spiro atoms. The summed E-state index contributed by atoms with van der Waals surface area (Å²) >= 11 is 0. The van der Waals surface area contributed by atoms with Crippen molar-refractivity contribution in [2.24, 2.45) is 5.92 Å². The molecule has 0 saturated heterocycles. The average Bonchev–Trinajstić information content (AvgIpc) is 2.38. The molecule has 108 valence electrons. The first kappa shape index (κ1) is 14.8. The number of aliphatic hydroxyl groups excluding tert-OH is 1. The number of H-pyrrole nitrogens is 1. The number of hydrogen-bond donors (Lipinski definition) is 3. The molecule has 1 heterocycles. The molecule has 0 amide bonds. The Morgan fingerprint density at radius 2 is 2.05 bits per heavy atom. The molecule has 1 atom stereocenters. The maximum Gasteiger partial charge on any atom is 0.252 e. The highest BCUT2D eigenvalue weighted by atomic mass is 16.3. The molecule has 4 heteroatoms. The van der Waals surface area contributed by atoms with E-state index in [2.05, 4.69) is 24.1 Å². The van der Waals surface area contributed by atoms with E-state index in [-0.39, 0.29) is 11.7 Å². The monoisotopic (exact) mass is 274 g/mol. The van der Waals surface area contributed by atoms with Crippen LogP contribution < -0.4 is 10.9 Å². The highest BCUT2D eigenvalue weighted by molar-refractivity contribution is 5.78. The minimum atomic E-state index is -0.366. The first-order valence-corrected chi connectivity index (χ1v) is 7.06. The lowest BCUT2D eigenvalue weighted by atomic mass is 10.1. The van der Waals surface area contributed by atoms with Crippen LogP contribution in [0.2, 0.25) is 0 Å². The summed E-state index contributed by atoms with van der Waals surface area (Å²) in [5.74, 6) is 0.468. The van der Waals surface area contributed by atoms with Crippen molar-refractivity contribution < 1.29 is 5.11 Å². The van der Waals surface area contributed by atoms with Gasteiger partial charge in [-0.05, 0) is 29.9 Å². The van der Waals surface area contributed by atoms with E-state index in [1.807, 2.05) is 30.3 Å². The van der Waals surface area contributed by atoms with E-state index in [0.717, 1.165) is 17.3 Å². The van der Waals surface area contributed by atoms with Crippen molar-refractivity contribution in [3.63, 3.8) is 0 Å². The summed E-state index contributed by atoms with van der Waals surface area (Å²) in [6, 6.07) is 9.61. The molecule has 3 N–H and O–H groups in total. The first-order chi connectivity index (χ1) is 9.56. The van der Waals surface area contributed by atoms with Crippen LogP contribution in [-0.4, -0.2) is 22.7 Å². The van der Waals surface area contributed by atoms with E-state index in [4.69, 9.17) is 0 Å². The van der Waals surface area contributed by atoms with Crippen LogP contribution in [0.1, 0.15) is 25.8 Å². The normalized spacial score (nSPS) is 13.0. The first-order valence-electron chi connectivity index (χ1n) is 7.06. The van der Waals surface area contributed by atoms with Gasteiger partial charge in [0.15, 0.2) is 0 Å². The van der Waals surface area contributed by atoms with Gasteiger partial charge in [-0.15, -0.1) is 0 Å². The number of benzene rings is 1. The summed E-state index contributed by atoms with van der Waals surface area (Å²) in [5.41, 5.74) is 1.47. The summed E-state index contributed by atoms with van der Waals surface area (Å²) in [7, 11) is 0. The van der Waals surface area contributed by atoms with Gasteiger partial charge in [-0.1, -0.05) is 32.0 Å². The Labute approximate surface area is 118 Å². The summed E-state index contributed by atoms with van der Waals surface area (Å²) in [6.07, 6.45) is 0.399. The molecule has 0 aliphatic rings. The third kappa shape index (κ3) is 3.92. The topological polar surface area (TPSA) is 65.1 Å². The fourth-order valence-electron chi connectivity index (χ4n) is 2.32. The van der Waals surface area contributed by atoms with E-state index >= 15 is 0 Å². The Kier molecular flexibility index (Phi) is 4.93. The van der Waals surface area contributed by atoms with Crippen LogP contribution in [0, 0.1) is 5.92 Å². The molecule has 0 aliphatic carbocycles. The second kappa shape index (κ2) is 6.68. The van der Waals surface area contributed by atoms with Crippen molar-refractivity contribution in [2.75, 3.05) is 6.54 Å². The van der Waals surface area contributed by atoms with Crippen LogP contribution in [0.5, 0.6) is 0 Å². The van der Waals surface area contributed by atoms with E-state index in [1.54, 1.807) is 0 Å². The SMILES string of the molecule is CC(C)CC(O)CNCc1cc2ccccc2[nH]c1=O. The molecule has 2 aromatic rings. The van der Waals surface area contributed by atoms with Gasteiger partial charge in [0.05, 0.1) is 6.10 Å². The lowest BCUT2D eigenvalue weighted by molar-refractivity contribution is 0.146. The van der Waals surface area contributed by atoms with Gasteiger partial charge in [0.25, 0.3) is 5.56 Å². The molecular formula is C16H22N2O2. The molecular weight excluding hydrogens is 252 g/mol. The van der Waals surface area contributed by atoms with Crippen LogP contribution in [0.4, 0.5) is 0 Å². The van der Waals surface area contributed by atoms with Gasteiger partial charge in [0, 0.05) is 24.2 Å². The zero-order valence-corrected chi connectivity index (χ0v) is 12.0. The summed E-state index contributed by atoms with van der Waals surface area (Å²) < 4.78 is 0. The zero-order valence-electron chi connectivity index (χ0n) is 12.0. The van der Waals surface area contributed by atoms with Crippen molar-refractivity contribution in [3.8, 4) is 0 Å². The molecule has 4 nitrogen and oxygen atoms in total. The Hall–Kier alpha value is -1.65. The Morgan fingerprint density at radius 3 is 2.80 bits per heavy atom. The molecule has 0 fully saturated rings. The van der Waals surface area contributed by atoms with Crippen LogP contribution >= 0.6 is 0 Å². The standard InChI is InChI=1S/C16H22N2O2/c1-11(2)7-14(19)10-17-9-13-8-12-5-3-4-6-15(12)18-16(13)20/h3-6,8,11,14,17,19H,7,9-10H2,1-2H3,(H,18,20). The molecule has 0 saturated carbocycles. The van der Waals surface area contributed by atoms with Gasteiger partial charge in [-0.2, -0.15) is 0 Å². The number of aromatic nitrogens is 1. The van der Waals surface area contributed by atoms with Crippen molar-refractivity contribution in [1.29, 1.82) is 0 Å². The predicted molar refractivity (Wildman–Crippen MR) is 81.7 cm³/mol. The van der Waals surface area contributed by atoms with Gasteiger partial charge >= 0.3 is 0 Å². The van der Waals surface area contributed by atoms with E-state index in [0.29, 0.717) is 24.6 Å². The zero-order chi connectivity index (χ0) is 14.5. The van der Waals surface area contributed by atoms with Gasteiger partial charge in [0.1, 0.15) is 0 Å². The quantitative estimate of drug-likeness (QED) is 0.755. The lowest BCUT2D eigenvalue weighted by Gasteiger charge is -2.13. The lowest BCUT2D eigenvalue weighted by Crippen LogP contribution is -2.29. The Morgan fingerprint density at radius 1 is 1.30 bits per heavy atom. The summed E-state index contributed by atoms with van der Waals surface area (Å²) in [5, 5.41) is 14.0. The van der Waals surface area contributed by atoms with Gasteiger partial charge in [0.2, 0.25) is 0 Å². The van der Waals surface area contributed by atoms with Crippen LogP contribution in [0.25, 0.3) is 10.9 Å². The maximum absolute atomic E-state index is 11.9. The second-order valence-corrected chi connectivity index (χ2v) is 5.63. The molecule has 1 unspecified atom stereocenters. The van der Waals surface area contributed by atoms with Gasteiger partial charge in [-0.3, -0.25) is 4.79 Å². The van der Waals surface area contributed by atoms with Crippen LogP contribution in [0.15, 0.2) is 35.1 Å². The molecule has 20 heavy (non-hydrogen) atoms. The molecule has 0 aliphatic heterocycles. The van der Waals surface area contributed by atoms with Crippen molar-refractivity contribution >= 4 is 10.9 Å². The fourth-order valence-corrected chi connectivity index (χ4v) is 2.32. The number of hydrogen-bond acceptors (Lipinski definition) is 3. The molecule has 1 aromatic heterocycles. The Balaban J connectivity index is 1.99. The number of aromatic amines is 1. The number of rotatable bonds is 6. The highest BCUT2D eigenvalue weighted by Gasteiger charge is 2.07. The largest absolute Gasteiger partial charge is 0.392 e. The molecule has 1 aromatic carbocycles. The van der Waals surface area contributed by atoms with E-state index in [1.165, 1.54) is 0 Å². The van der Waals surface area contributed by atoms with Crippen molar-refractivity contribution in [3.05, 3.63) is 46.2 Å². The highest BCUT2D eigenvalue weighted by Crippen LogP contribution is 2.10.